The molecule has 0 spiro atoms. The highest BCUT2D eigenvalue weighted by atomic mass is 32.2. The van der Waals surface area contributed by atoms with Gasteiger partial charge in [0.15, 0.2) is 0 Å². The molecule has 0 aliphatic rings. The molecule has 6 heteroatoms. The summed E-state index contributed by atoms with van der Waals surface area (Å²) >= 11 is 0. The van der Waals surface area contributed by atoms with Crippen molar-refractivity contribution in [3.05, 3.63) is 54.0 Å². The van der Waals surface area contributed by atoms with Crippen molar-refractivity contribution in [2.45, 2.75) is 24.3 Å². The summed E-state index contributed by atoms with van der Waals surface area (Å²) < 4.78 is 27.6. The van der Waals surface area contributed by atoms with E-state index in [1.54, 1.807) is 18.4 Å². The average molecular weight is 294 g/mol. The fraction of sp³-hybridized carbons (Fsp3) is 0.286. The molecule has 108 valence electrons. The van der Waals surface area contributed by atoms with Crippen LogP contribution in [0.25, 0.3) is 0 Å². The van der Waals surface area contributed by atoms with Crippen LogP contribution in [0.5, 0.6) is 0 Å². The first-order valence-electron chi connectivity index (χ1n) is 6.35. The number of furan rings is 1. The Morgan fingerprint density at radius 2 is 1.95 bits per heavy atom. The molecule has 1 aromatic carbocycles. The molecule has 0 saturated heterocycles. The third-order valence-electron chi connectivity index (χ3n) is 3.09. The summed E-state index contributed by atoms with van der Waals surface area (Å²) in [5.74, 6) is 0.898. The number of hydrogen-bond donors (Lipinski definition) is 2. The Kier molecular flexibility index (Phi) is 4.59. The predicted molar refractivity (Wildman–Crippen MR) is 76.6 cm³/mol. The van der Waals surface area contributed by atoms with Gasteiger partial charge in [0.1, 0.15) is 5.76 Å². The van der Waals surface area contributed by atoms with Gasteiger partial charge in [-0.2, -0.15) is 0 Å². The molecule has 1 heterocycles. The number of hydrogen-bond acceptors (Lipinski definition) is 4. The zero-order valence-corrected chi connectivity index (χ0v) is 12.1. The molecule has 5 nitrogen and oxygen atoms in total. The van der Waals surface area contributed by atoms with E-state index in [2.05, 4.69) is 5.32 Å². The molecule has 2 rings (SSSR count). The topological polar surface area (TPSA) is 85.3 Å². The van der Waals surface area contributed by atoms with Crippen molar-refractivity contribution < 1.29 is 12.8 Å². The minimum absolute atomic E-state index is 0.137. The predicted octanol–water partition coefficient (Wildman–Crippen LogP) is 1.82. The van der Waals surface area contributed by atoms with Crippen LogP contribution in [0.4, 0.5) is 0 Å². The molecule has 0 fully saturated rings. The van der Waals surface area contributed by atoms with Gasteiger partial charge >= 0.3 is 0 Å². The highest BCUT2D eigenvalue weighted by Crippen LogP contribution is 2.13. The fourth-order valence-electron chi connectivity index (χ4n) is 1.92. The van der Waals surface area contributed by atoms with Gasteiger partial charge in [0.2, 0.25) is 10.0 Å². The number of primary sulfonamides is 1. The molecular formula is C14H18N2O3S. The van der Waals surface area contributed by atoms with E-state index in [9.17, 15) is 8.42 Å². The van der Waals surface area contributed by atoms with Gasteiger partial charge in [-0.05, 0) is 49.7 Å². The zero-order chi connectivity index (χ0) is 14.6. The van der Waals surface area contributed by atoms with Crippen molar-refractivity contribution in [2.24, 2.45) is 5.14 Å². The largest absolute Gasteiger partial charge is 0.468 e. The Labute approximate surface area is 118 Å². The van der Waals surface area contributed by atoms with E-state index in [0.717, 1.165) is 24.3 Å². The van der Waals surface area contributed by atoms with Crippen molar-refractivity contribution in [2.75, 3.05) is 6.54 Å². The smallest absolute Gasteiger partial charge is 0.238 e. The molecule has 2 aromatic rings. The molecule has 3 N–H and O–H groups in total. The van der Waals surface area contributed by atoms with Gasteiger partial charge in [-0.25, -0.2) is 13.6 Å². The molecular weight excluding hydrogens is 276 g/mol. The minimum atomic E-state index is -3.61. The van der Waals surface area contributed by atoms with Crippen molar-refractivity contribution in [1.29, 1.82) is 0 Å². The molecule has 1 unspecified atom stereocenters. The average Bonchev–Trinajstić information content (AvgIpc) is 2.92. The molecule has 0 amide bonds. The van der Waals surface area contributed by atoms with E-state index in [-0.39, 0.29) is 10.9 Å². The quantitative estimate of drug-likeness (QED) is 0.851. The first-order valence-corrected chi connectivity index (χ1v) is 7.90. The summed E-state index contributed by atoms with van der Waals surface area (Å²) in [7, 11) is -3.61. The second-order valence-electron chi connectivity index (χ2n) is 4.63. The summed E-state index contributed by atoms with van der Waals surface area (Å²) in [5.41, 5.74) is 1.05. The van der Waals surface area contributed by atoms with E-state index in [0.29, 0.717) is 0 Å². The normalized spacial score (nSPS) is 13.3. The maximum absolute atomic E-state index is 11.1. The van der Waals surface area contributed by atoms with Gasteiger partial charge in [-0.3, -0.25) is 0 Å². The van der Waals surface area contributed by atoms with Crippen LogP contribution < -0.4 is 10.5 Å². The van der Waals surface area contributed by atoms with Gasteiger partial charge in [0, 0.05) is 0 Å². The van der Waals surface area contributed by atoms with Crippen LogP contribution in [0.1, 0.15) is 24.3 Å². The Morgan fingerprint density at radius 3 is 2.50 bits per heavy atom. The Hall–Kier alpha value is -1.63. The number of rotatable bonds is 6. The molecule has 0 aliphatic carbocycles. The van der Waals surface area contributed by atoms with E-state index >= 15 is 0 Å². The van der Waals surface area contributed by atoms with Crippen molar-refractivity contribution >= 4 is 10.0 Å². The van der Waals surface area contributed by atoms with Crippen LogP contribution in [0.2, 0.25) is 0 Å². The van der Waals surface area contributed by atoms with E-state index < -0.39 is 10.0 Å². The minimum Gasteiger partial charge on any atom is -0.468 e. The van der Waals surface area contributed by atoms with Gasteiger partial charge < -0.3 is 9.73 Å². The van der Waals surface area contributed by atoms with Crippen molar-refractivity contribution in [1.82, 2.24) is 5.32 Å². The molecule has 0 saturated carbocycles. The first-order chi connectivity index (χ1) is 9.47. The maximum atomic E-state index is 11.1. The van der Waals surface area contributed by atoms with Crippen LogP contribution >= 0.6 is 0 Å². The number of benzene rings is 1. The number of sulfonamides is 1. The lowest BCUT2D eigenvalue weighted by Crippen LogP contribution is -2.21. The summed E-state index contributed by atoms with van der Waals surface area (Å²) in [4.78, 5) is 0.137. The fourth-order valence-corrected chi connectivity index (χ4v) is 2.43. The van der Waals surface area contributed by atoms with Gasteiger partial charge in [0.05, 0.1) is 17.2 Å². The molecule has 0 aliphatic heterocycles. The van der Waals surface area contributed by atoms with Crippen LogP contribution in [-0.2, 0) is 16.4 Å². The number of nitrogens with one attached hydrogen (secondary N) is 1. The molecule has 1 aromatic heterocycles. The first kappa shape index (κ1) is 14.8. The molecule has 20 heavy (non-hydrogen) atoms. The summed E-state index contributed by atoms with van der Waals surface area (Å²) in [6, 6.07) is 10.5. The van der Waals surface area contributed by atoms with E-state index in [4.69, 9.17) is 9.56 Å². The number of nitrogens with two attached hydrogens (primary N) is 1. The van der Waals surface area contributed by atoms with Gasteiger partial charge in [0.25, 0.3) is 0 Å². The summed E-state index contributed by atoms with van der Waals surface area (Å²) in [6.45, 7) is 2.81. The Balaban J connectivity index is 1.86. The van der Waals surface area contributed by atoms with Gasteiger partial charge in [-0.1, -0.05) is 12.1 Å². The Morgan fingerprint density at radius 1 is 1.25 bits per heavy atom. The molecule has 1 atom stereocenters. The lowest BCUT2D eigenvalue weighted by atomic mass is 10.1. The second kappa shape index (κ2) is 6.21. The summed E-state index contributed by atoms with van der Waals surface area (Å²) in [6.07, 6.45) is 2.45. The van der Waals surface area contributed by atoms with Crippen LogP contribution in [0.3, 0.4) is 0 Å². The monoisotopic (exact) mass is 294 g/mol. The van der Waals surface area contributed by atoms with Crippen LogP contribution in [0.15, 0.2) is 52.0 Å². The second-order valence-corrected chi connectivity index (χ2v) is 6.19. The molecule has 0 bridgehead atoms. The SMILES string of the molecule is CC(NCCc1ccc(S(N)(=O)=O)cc1)c1ccco1. The third-order valence-corrected chi connectivity index (χ3v) is 4.02. The Bertz CT molecular complexity index is 634. The van der Waals surface area contributed by atoms with Crippen LogP contribution in [-0.4, -0.2) is 15.0 Å². The lowest BCUT2D eigenvalue weighted by Gasteiger charge is -2.11. The standard InChI is InChI=1S/C14H18N2O3S/c1-11(14-3-2-10-19-14)16-9-8-12-4-6-13(7-5-12)20(15,17)18/h2-7,10-11,16H,8-9H2,1H3,(H2,15,17,18). The highest BCUT2D eigenvalue weighted by molar-refractivity contribution is 7.89. The van der Waals surface area contributed by atoms with Crippen molar-refractivity contribution in [3.63, 3.8) is 0 Å². The van der Waals surface area contributed by atoms with Crippen LogP contribution in [0, 0.1) is 0 Å². The maximum Gasteiger partial charge on any atom is 0.238 e. The van der Waals surface area contributed by atoms with Gasteiger partial charge in [-0.15, -0.1) is 0 Å². The van der Waals surface area contributed by atoms with E-state index in [1.165, 1.54) is 12.1 Å². The molecule has 0 radical (unpaired) electrons. The highest BCUT2D eigenvalue weighted by Gasteiger charge is 2.08. The van der Waals surface area contributed by atoms with Crippen molar-refractivity contribution in [3.8, 4) is 0 Å². The zero-order valence-electron chi connectivity index (χ0n) is 11.2. The van der Waals surface area contributed by atoms with E-state index in [1.807, 2.05) is 19.1 Å². The third kappa shape index (κ3) is 3.93. The lowest BCUT2D eigenvalue weighted by molar-refractivity contribution is 0.432. The summed E-state index contributed by atoms with van der Waals surface area (Å²) in [5, 5.41) is 8.39.